The van der Waals surface area contributed by atoms with Gasteiger partial charge >= 0.3 is 0 Å². The molecule has 0 amide bonds. The van der Waals surface area contributed by atoms with Crippen LogP contribution in [0.2, 0.25) is 0 Å². The highest BCUT2D eigenvalue weighted by Gasteiger charge is 2.32. The number of rotatable bonds is 12. The largest absolute Gasteiger partial charge is 0.493 e. The number of fused-ring (bicyclic) bond motifs is 1. The van der Waals surface area contributed by atoms with Gasteiger partial charge in [0, 0.05) is 20.1 Å². The topological polar surface area (TPSA) is 163 Å². The Labute approximate surface area is 232 Å². The fraction of sp³-hybridized carbons (Fsp3) is 0.577. The van der Waals surface area contributed by atoms with Crippen LogP contribution in [0, 0.1) is 22.0 Å². The minimum Gasteiger partial charge on any atom is -0.493 e. The molecule has 4 rings (SSSR count). The second-order valence-electron chi connectivity index (χ2n) is 10.1. The molecule has 40 heavy (non-hydrogen) atoms. The van der Waals surface area contributed by atoms with Crippen molar-refractivity contribution in [3.63, 3.8) is 0 Å². The Morgan fingerprint density at radius 2 is 1.98 bits per heavy atom. The first-order valence-corrected chi connectivity index (χ1v) is 15.0. The van der Waals surface area contributed by atoms with Gasteiger partial charge in [-0.2, -0.15) is 9.40 Å². The van der Waals surface area contributed by atoms with E-state index in [2.05, 4.69) is 14.9 Å². The summed E-state index contributed by atoms with van der Waals surface area (Å²) in [6.07, 6.45) is 3.31. The average molecular weight is 577 g/mol. The minimum atomic E-state index is -3.84. The van der Waals surface area contributed by atoms with Crippen LogP contribution in [0.25, 0.3) is 22.4 Å². The van der Waals surface area contributed by atoms with Crippen molar-refractivity contribution in [3.8, 4) is 17.1 Å². The molecule has 218 valence electrons. The van der Waals surface area contributed by atoms with Gasteiger partial charge in [0.2, 0.25) is 10.0 Å². The van der Waals surface area contributed by atoms with Crippen molar-refractivity contribution in [3.05, 3.63) is 44.4 Å². The molecule has 0 aliphatic carbocycles. The maximum absolute atomic E-state index is 13.7. The van der Waals surface area contributed by atoms with E-state index in [9.17, 15) is 23.3 Å². The number of hydrogen-bond donors (Lipinski definition) is 1. The highest BCUT2D eigenvalue weighted by molar-refractivity contribution is 7.89. The first-order valence-electron chi connectivity index (χ1n) is 13.6. The molecular weight excluding hydrogens is 540 g/mol. The van der Waals surface area contributed by atoms with Crippen molar-refractivity contribution in [2.45, 2.75) is 57.8 Å². The summed E-state index contributed by atoms with van der Waals surface area (Å²) in [5.41, 5.74) is 1.56. The van der Waals surface area contributed by atoms with Gasteiger partial charge in [-0.15, -0.1) is 10.1 Å². The van der Waals surface area contributed by atoms with Crippen LogP contribution in [0.3, 0.4) is 0 Å². The van der Waals surface area contributed by atoms with Crippen molar-refractivity contribution in [1.29, 1.82) is 0 Å². The Balaban J connectivity index is 1.62. The molecule has 13 nitrogen and oxygen atoms in total. The van der Waals surface area contributed by atoms with Gasteiger partial charge in [0.05, 0.1) is 29.4 Å². The molecule has 0 saturated carbocycles. The molecule has 1 N–H and O–H groups in total. The van der Waals surface area contributed by atoms with Gasteiger partial charge in [-0.25, -0.2) is 13.4 Å². The Bertz CT molecular complexity index is 1530. The molecule has 1 unspecified atom stereocenters. The number of aryl methyl sites for hydroxylation is 2. The van der Waals surface area contributed by atoms with E-state index < -0.39 is 15.1 Å². The molecule has 3 heterocycles. The predicted octanol–water partition coefficient (Wildman–Crippen LogP) is 3.31. The summed E-state index contributed by atoms with van der Waals surface area (Å²) in [7, 11) is -2.14. The van der Waals surface area contributed by atoms with Crippen LogP contribution in [0.1, 0.15) is 52.1 Å². The number of hydrogen-bond acceptors (Lipinski definition) is 9. The van der Waals surface area contributed by atoms with E-state index in [1.165, 1.54) is 21.1 Å². The lowest BCUT2D eigenvalue weighted by molar-refractivity contribution is -0.758. The molecule has 1 atom stereocenters. The highest BCUT2D eigenvalue weighted by Crippen LogP contribution is 2.34. The quantitative estimate of drug-likeness (QED) is 0.252. The Morgan fingerprint density at radius 3 is 2.62 bits per heavy atom. The molecule has 0 radical (unpaired) electrons. The zero-order valence-corrected chi connectivity index (χ0v) is 24.1. The van der Waals surface area contributed by atoms with Crippen LogP contribution >= 0.6 is 0 Å². The third-order valence-electron chi connectivity index (χ3n) is 7.47. The number of aromatic amines is 1. The normalized spacial score (nSPS) is 15.8. The summed E-state index contributed by atoms with van der Waals surface area (Å²) in [5.74, 6) is 1.04. The third-order valence-corrected chi connectivity index (χ3v) is 9.36. The number of sulfonamides is 1. The van der Waals surface area contributed by atoms with E-state index in [0.717, 1.165) is 6.42 Å². The van der Waals surface area contributed by atoms with Crippen molar-refractivity contribution in [1.82, 2.24) is 24.1 Å². The SMILES string of the molecule is CCCc1nn(C)c2c(=O)[nH]c(-c3cc(S(=O)(=O)N4CCC(C(C)CCO[N+](=O)[O-])CC4)ccc3OCC)nc12. The third kappa shape index (κ3) is 6.12. The summed E-state index contributed by atoms with van der Waals surface area (Å²) in [6, 6.07) is 4.61. The van der Waals surface area contributed by atoms with E-state index in [0.29, 0.717) is 73.4 Å². The average Bonchev–Trinajstić information content (AvgIpc) is 3.24. The lowest BCUT2D eigenvalue weighted by Gasteiger charge is -2.34. The van der Waals surface area contributed by atoms with E-state index >= 15 is 0 Å². The molecule has 1 aliphatic heterocycles. The molecule has 1 fully saturated rings. The van der Waals surface area contributed by atoms with Gasteiger partial charge < -0.3 is 14.6 Å². The number of H-pyrrole nitrogens is 1. The number of aromatic nitrogens is 4. The minimum absolute atomic E-state index is 0.0303. The lowest BCUT2D eigenvalue weighted by Crippen LogP contribution is -2.39. The van der Waals surface area contributed by atoms with Gasteiger partial charge in [-0.3, -0.25) is 9.48 Å². The van der Waals surface area contributed by atoms with Crippen LogP contribution < -0.4 is 10.3 Å². The van der Waals surface area contributed by atoms with Crippen molar-refractivity contribution in [2.24, 2.45) is 18.9 Å². The van der Waals surface area contributed by atoms with E-state index in [1.54, 1.807) is 13.1 Å². The molecule has 2 aromatic heterocycles. The molecule has 3 aromatic rings. The highest BCUT2D eigenvalue weighted by atomic mass is 32.2. The van der Waals surface area contributed by atoms with Gasteiger partial charge in [0.1, 0.15) is 17.1 Å². The maximum atomic E-state index is 13.7. The number of nitrogens with zero attached hydrogens (tertiary/aromatic N) is 5. The Hall–Kier alpha value is -3.52. The standard InChI is InChI=1S/C26H36N6O7S/c1-5-7-21-23-24(30(4)29-21)26(33)28-25(27-23)20-16-19(8-9-22(20)38-6-2)40(36,37)31-13-10-18(11-14-31)17(3)12-15-39-32(34)35/h8-9,16-18H,5-7,10-15H2,1-4H3,(H,27,28,33). The van der Waals surface area contributed by atoms with Gasteiger partial charge in [-0.05, 0) is 62.6 Å². The zero-order valence-electron chi connectivity index (χ0n) is 23.3. The zero-order chi connectivity index (χ0) is 29.0. The second-order valence-corrected chi connectivity index (χ2v) is 12.0. The van der Waals surface area contributed by atoms with Crippen molar-refractivity contribution in [2.75, 3.05) is 26.3 Å². The van der Waals surface area contributed by atoms with Crippen LogP contribution in [-0.4, -0.2) is 63.9 Å². The van der Waals surface area contributed by atoms with Crippen LogP contribution in [-0.2, 0) is 28.3 Å². The van der Waals surface area contributed by atoms with Gasteiger partial charge in [0.15, 0.2) is 5.52 Å². The molecule has 1 aliphatic rings. The molecule has 1 saturated heterocycles. The summed E-state index contributed by atoms with van der Waals surface area (Å²) in [4.78, 5) is 35.5. The van der Waals surface area contributed by atoms with E-state index in [-0.39, 0.29) is 34.7 Å². The smallest absolute Gasteiger partial charge is 0.294 e. The van der Waals surface area contributed by atoms with Gasteiger partial charge in [0.25, 0.3) is 10.6 Å². The summed E-state index contributed by atoms with van der Waals surface area (Å²) in [5, 5.41) is 14.1. The fourth-order valence-electron chi connectivity index (χ4n) is 5.30. The summed E-state index contributed by atoms with van der Waals surface area (Å²) < 4.78 is 36.1. The fourth-order valence-corrected chi connectivity index (χ4v) is 6.80. The van der Waals surface area contributed by atoms with E-state index in [1.807, 2.05) is 20.8 Å². The molecule has 0 spiro atoms. The molecule has 14 heteroatoms. The maximum Gasteiger partial charge on any atom is 0.294 e. The second kappa shape index (κ2) is 12.3. The van der Waals surface area contributed by atoms with Crippen molar-refractivity contribution >= 4 is 21.1 Å². The van der Waals surface area contributed by atoms with Crippen molar-refractivity contribution < 1.29 is 23.1 Å². The molecular formula is C26H36N6O7S. The van der Waals surface area contributed by atoms with Crippen LogP contribution in [0.15, 0.2) is 27.9 Å². The first kappa shape index (κ1) is 29.5. The summed E-state index contributed by atoms with van der Waals surface area (Å²) >= 11 is 0. The summed E-state index contributed by atoms with van der Waals surface area (Å²) in [6.45, 7) is 6.91. The molecule has 1 aromatic carbocycles. The predicted molar refractivity (Wildman–Crippen MR) is 148 cm³/mol. The first-order chi connectivity index (χ1) is 19.1. The Kier molecular flexibility index (Phi) is 9.08. The number of benzene rings is 1. The number of piperidine rings is 1. The van der Waals surface area contributed by atoms with E-state index in [4.69, 9.17) is 9.72 Å². The number of nitrogens with one attached hydrogen (secondary N) is 1. The number of ether oxygens (including phenoxy) is 1. The monoisotopic (exact) mass is 576 g/mol. The van der Waals surface area contributed by atoms with Crippen LogP contribution in [0.5, 0.6) is 5.75 Å². The molecule has 0 bridgehead atoms. The van der Waals surface area contributed by atoms with Gasteiger partial charge in [-0.1, -0.05) is 20.3 Å². The lowest BCUT2D eigenvalue weighted by atomic mass is 9.84. The van der Waals surface area contributed by atoms with Crippen LogP contribution in [0.4, 0.5) is 0 Å². The Morgan fingerprint density at radius 1 is 1.25 bits per heavy atom.